The third-order valence-electron chi connectivity index (χ3n) is 4.46. The van der Waals surface area contributed by atoms with Gasteiger partial charge in [0.2, 0.25) is 5.60 Å². The summed E-state index contributed by atoms with van der Waals surface area (Å²) in [5.41, 5.74) is 2.18. The lowest BCUT2D eigenvalue weighted by Crippen LogP contribution is -2.42. The van der Waals surface area contributed by atoms with Gasteiger partial charge >= 0.3 is 7.82 Å². The molecule has 1 unspecified atom stereocenters. The number of hydrogen-bond acceptors (Lipinski definition) is 8. The fourth-order valence-corrected chi connectivity index (χ4v) is 4.25. The van der Waals surface area contributed by atoms with Crippen LogP contribution in [0.25, 0.3) is 5.52 Å². The first-order valence-electron chi connectivity index (χ1n) is 8.54. The number of nitrogen functional groups attached to an aromatic ring is 1. The van der Waals surface area contributed by atoms with Crippen molar-refractivity contribution in [2.75, 3.05) is 12.3 Å². The lowest BCUT2D eigenvalue weighted by Gasteiger charge is -2.29. The van der Waals surface area contributed by atoms with Crippen molar-refractivity contribution in [3.8, 4) is 6.07 Å². The number of fused-ring (bicyclic) bond motifs is 1. The van der Waals surface area contributed by atoms with Crippen molar-refractivity contribution in [2.45, 2.75) is 50.7 Å². The number of nitriles is 1. The minimum absolute atomic E-state index is 0.136. The molecular formula is C16H21FN5O5P. The van der Waals surface area contributed by atoms with Crippen LogP contribution in [-0.2, 0) is 24.0 Å². The maximum Gasteiger partial charge on any atom is 0.472 e. The molecule has 0 radical (unpaired) electrons. The summed E-state index contributed by atoms with van der Waals surface area (Å²) in [4.78, 5) is 13.5. The highest BCUT2D eigenvalue weighted by molar-refractivity contribution is 7.47. The Morgan fingerprint density at radius 2 is 2.32 bits per heavy atom. The second kappa shape index (κ2) is 7.06. The van der Waals surface area contributed by atoms with E-state index < -0.39 is 37.9 Å². The molecule has 12 heteroatoms. The number of aromatic nitrogens is 3. The van der Waals surface area contributed by atoms with Crippen molar-refractivity contribution in [3.05, 3.63) is 24.2 Å². The van der Waals surface area contributed by atoms with Crippen molar-refractivity contribution in [3.63, 3.8) is 0 Å². The summed E-state index contributed by atoms with van der Waals surface area (Å²) in [6, 6.07) is 4.95. The maximum absolute atomic E-state index is 15.5. The molecule has 2 aromatic heterocycles. The van der Waals surface area contributed by atoms with Gasteiger partial charge in [-0.15, -0.1) is 0 Å². The van der Waals surface area contributed by atoms with Crippen LogP contribution in [-0.4, -0.2) is 44.0 Å². The van der Waals surface area contributed by atoms with E-state index in [1.807, 2.05) is 6.07 Å². The van der Waals surface area contributed by atoms with E-state index >= 15 is 4.39 Å². The molecule has 0 aliphatic carbocycles. The van der Waals surface area contributed by atoms with Crippen LogP contribution in [0.15, 0.2) is 18.5 Å². The summed E-state index contributed by atoms with van der Waals surface area (Å²) < 4.78 is 44.2. The molecule has 1 aliphatic heterocycles. The van der Waals surface area contributed by atoms with Crippen molar-refractivity contribution in [1.29, 1.82) is 5.26 Å². The second-order valence-electron chi connectivity index (χ2n) is 7.01. The van der Waals surface area contributed by atoms with Gasteiger partial charge in [-0.2, -0.15) is 10.4 Å². The zero-order valence-corrected chi connectivity index (χ0v) is 16.5. The summed E-state index contributed by atoms with van der Waals surface area (Å²) in [6.45, 7) is 3.94. The molecule has 0 spiro atoms. The quantitative estimate of drug-likeness (QED) is 0.680. The van der Waals surface area contributed by atoms with Gasteiger partial charge in [-0.25, -0.2) is 18.5 Å². The Morgan fingerprint density at radius 3 is 2.96 bits per heavy atom. The van der Waals surface area contributed by atoms with E-state index in [9.17, 15) is 14.7 Å². The van der Waals surface area contributed by atoms with Gasteiger partial charge in [0.1, 0.15) is 17.9 Å². The average molecular weight is 413 g/mol. The molecule has 0 saturated carbocycles. The largest absolute Gasteiger partial charge is 0.472 e. The lowest BCUT2D eigenvalue weighted by molar-refractivity contribution is -0.0721. The fourth-order valence-electron chi connectivity index (χ4n) is 3.30. The zero-order chi connectivity index (χ0) is 20.7. The number of alkyl halides is 1. The van der Waals surface area contributed by atoms with Gasteiger partial charge in [0.05, 0.1) is 24.5 Å². The van der Waals surface area contributed by atoms with Gasteiger partial charge in [0, 0.05) is 6.42 Å². The molecular weight excluding hydrogens is 392 g/mol. The maximum atomic E-state index is 15.5. The van der Waals surface area contributed by atoms with Crippen molar-refractivity contribution in [2.24, 2.45) is 0 Å². The molecule has 0 bridgehead atoms. The number of halogens is 1. The molecule has 2 aromatic rings. The Bertz CT molecular complexity index is 974. The molecule has 4 atom stereocenters. The topological polar surface area (TPSA) is 145 Å². The van der Waals surface area contributed by atoms with E-state index in [1.54, 1.807) is 19.9 Å². The van der Waals surface area contributed by atoms with Crippen LogP contribution in [0.5, 0.6) is 0 Å². The molecule has 1 saturated heterocycles. The smallest absolute Gasteiger partial charge is 0.382 e. The number of nitrogens with two attached hydrogens (primary N) is 1. The van der Waals surface area contributed by atoms with Crippen LogP contribution < -0.4 is 5.73 Å². The molecule has 3 heterocycles. The highest BCUT2D eigenvalue weighted by Gasteiger charge is 2.61. The van der Waals surface area contributed by atoms with E-state index in [0.29, 0.717) is 5.52 Å². The molecule has 0 aromatic carbocycles. The molecule has 10 nitrogen and oxygen atoms in total. The SMILES string of the molecule is CC(C)OP(=O)(O)OC[C@@H]1C[C@@](C)(F)[C@](C#N)(c2ccc3c(N)ncnn23)O1. The monoisotopic (exact) mass is 413 g/mol. The van der Waals surface area contributed by atoms with Crippen LogP contribution in [0.3, 0.4) is 0 Å². The zero-order valence-electron chi connectivity index (χ0n) is 15.6. The third-order valence-corrected chi connectivity index (χ3v) is 5.62. The van der Waals surface area contributed by atoms with E-state index in [2.05, 4.69) is 10.1 Å². The Hall–Kier alpha value is -2.09. The van der Waals surface area contributed by atoms with E-state index in [1.165, 1.54) is 23.8 Å². The highest BCUT2D eigenvalue weighted by atomic mass is 31.2. The number of phosphoric ester groups is 1. The molecule has 1 fully saturated rings. The van der Waals surface area contributed by atoms with Gasteiger partial charge in [0.25, 0.3) is 0 Å². The van der Waals surface area contributed by atoms with E-state index in [-0.39, 0.29) is 17.9 Å². The Morgan fingerprint density at radius 1 is 1.61 bits per heavy atom. The van der Waals surface area contributed by atoms with Crippen LogP contribution >= 0.6 is 7.82 Å². The van der Waals surface area contributed by atoms with Crippen molar-refractivity contribution in [1.82, 2.24) is 14.6 Å². The Balaban J connectivity index is 1.90. The predicted octanol–water partition coefficient (Wildman–Crippen LogP) is 2.09. The van der Waals surface area contributed by atoms with Gasteiger partial charge in [-0.05, 0) is 32.9 Å². The molecule has 1 aliphatic rings. The van der Waals surface area contributed by atoms with Gasteiger partial charge in [-0.3, -0.25) is 9.05 Å². The Labute approximate surface area is 160 Å². The normalized spacial score (nSPS) is 29.8. The average Bonchev–Trinajstić information content (AvgIpc) is 3.12. The first-order chi connectivity index (χ1) is 13.0. The van der Waals surface area contributed by atoms with E-state index in [0.717, 1.165) is 0 Å². The molecule has 3 rings (SSSR count). The lowest BCUT2D eigenvalue weighted by atomic mass is 9.83. The summed E-state index contributed by atoms with van der Waals surface area (Å²) >= 11 is 0. The predicted molar refractivity (Wildman–Crippen MR) is 95.7 cm³/mol. The number of phosphoric acid groups is 1. The van der Waals surface area contributed by atoms with Gasteiger partial charge < -0.3 is 15.4 Å². The number of hydrogen-bond donors (Lipinski definition) is 2. The van der Waals surface area contributed by atoms with Crippen molar-refractivity contribution < 1.29 is 27.6 Å². The molecule has 3 N–H and O–H groups in total. The number of anilines is 1. The summed E-state index contributed by atoms with van der Waals surface area (Å²) in [5, 5.41) is 13.9. The first kappa shape index (κ1) is 20.6. The first-order valence-corrected chi connectivity index (χ1v) is 10.0. The van der Waals surface area contributed by atoms with Crippen LogP contribution in [0, 0.1) is 11.3 Å². The fraction of sp³-hybridized carbons (Fsp3) is 0.562. The van der Waals surface area contributed by atoms with Crippen molar-refractivity contribution >= 4 is 19.2 Å². The highest BCUT2D eigenvalue weighted by Crippen LogP contribution is 2.51. The third kappa shape index (κ3) is 3.50. The van der Waals surface area contributed by atoms with Crippen LogP contribution in [0.1, 0.15) is 32.9 Å². The minimum Gasteiger partial charge on any atom is -0.382 e. The molecule has 0 amide bonds. The summed E-state index contributed by atoms with van der Waals surface area (Å²) in [6.07, 6.45) is -0.554. The van der Waals surface area contributed by atoms with Crippen LogP contribution in [0.2, 0.25) is 0 Å². The van der Waals surface area contributed by atoms with Gasteiger partial charge in [-0.1, -0.05) is 0 Å². The number of nitrogens with zero attached hydrogens (tertiary/aromatic N) is 4. The standard InChI is InChI=1S/C16H21FN5O5P/c1-10(2)27-28(23,24)25-7-11-6-15(3,17)16(8-18,26-11)13-5-4-12-14(19)20-9-21-22(12)13/h4-5,9-11H,6-7H2,1-3H3,(H,23,24)(H2,19,20,21)/t11-,15+,16-/m0/s1. The molecule has 28 heavy (non-hydrogen) atoms. The minimum atomic E-state index is -4.33. The second-order valence-corrected chi connectivity index (χ2v) is 8.42. The van der Waals surface area contributed by atoms with Gasteiger partial charge in [0.15, 0.2) is 11.5 Å². The number of ether oxygens (including phenoxy) is 1. The number of rotatable bonds is 6. The van der Waals surface area contributed by atoms with Crippen LogP contribution in [0.4, 0.5) is 10.2 Å². The summed E-state index contributed by atoms with van der Waals surface area (Å²) in [5.74, 6) is 0.167. The van der Waals surface area contributed by atoms with E-state index in [4.69, 9.17) is 19.5 Å². The Kier molecular flexibility index (Phi) is 5.20. The molecule has 152 valence electrons. The summed E-state index contributed by atoms with van der Waals surface area (Å²) in [7, 11) is -4.33.